The zero-order valence-corrected chi connectivity index (χ0v) is 16.4. The van der Waals surface area contributed by atoms with Crippen LogP contribution < -0.4 is 0 Å². The fraction of sp³-hybridized carbons (Fsp3) is 0.267. The molecule has 1 amide bonds. The minimum absolute atomic E-state index is 0.0548. The highest BCUT2D eigenvalue weighted by atomic mass is 35.5. The average Bonchev–Trinajstić information content (AvgIpc) is 3.08. The Labute approximate surface area is 167 Å². The smallest absolute Gasteiger partial charge is 0.359 e. The molecule has 0 N–H and O–H groups in total. The van der Waals surface area contributed by atoms with E-state index in [1.54, 1.807) is 16.2 Å². The molecule has 0 atom stereocenters. The summed E-state index contributed by atoms with van der Waals surface area (Å²) in [5.74, 6) is -1.19. The molecule has 0 aromatic carbocycles. The first kappa shape index (κ1) is 18.7. The Morgan fingerprint density at radius 3 is 2.72 bits per heavy atom. The first-order chi connectivity index (χ1) is 11.9. The van der Waals surface area contributed by atoms with Crippen LogP contribution in [0.15, 0.2) is 11.4 Å². The number of fused-ring (bicyclic) bond motifs is 1. The number of amides is 1. The summed E-state index contributed by atoms with van der Waals surface area (Å²) in [5, 5.41) is 1.51. The van der Waals surface area contributed by atoms with Crippen molar-refractivity contribution in [3.63, 3.8) is 0 Å². The van der Waals surface area contributed by atoms with E-state index in [0.29, 0.717) is 13.1 Å². The van der Waals surface area contributed by atoms with Gasteiger partial charge in [0.2, 0.25) is 0 Å². The molecule has 3 heterocycles. The standard InChI is InChI=1S/C15H10Cl4N2O3S/c16-10-11(17)13(20-14(19)12(10)18)15(23)24-6-9(22)21-3-1-8-7(5-21)2-4-25-8/h2,4H,1,3,5-6H2. The highest BCUT2D eigenvalue weighted by molar-refractivity contribution is 7.10. The molecule has 2 aromatic heterocycles. The lowest BCUT2D eigenvalue weighted by Gasteiger charge is -2.26. The van der Waals surface area contributed by atoms with Gasteiger partial charge in [-0.1, -0.05) is 46.4 Å². The van der Waals surface area contributed by atoms with Crippen LogP contribution in [0.2, 0.25) is 20.2 Å². The van der Waals surface area contributed by atoms with Gasteiger partial charge in [0.25, 0.3) is 5.91 Å². The molecule has 3 rings (SSSR count). The Kier molecular flexibility index (Phi) is 5.75. The van der Waals surface area contributed by atoms with Gasteiger partial charge in [-0.2, -0.15) is 0 Å². The number of carbonyl (C=O) groups is 2. The van der Waals surface area contributed by atoms with Crippen molar-refractivity contribution in [2.24, 2.45) is 0 Å². The SMILES string of the molecule is O=C(OCC(=O)N1CCc2sccc2C1)c1nc(Cl)c(Cl)c(Cl)c1Cl. The van der Waals surface area contributed by atoms with Crippen LogP contribution in [0.5, 0.6) is 0 Å². The minimum Gasteiger partial charge on any atom is -0.451 e. The number of pyridine rings is 1. The second-order valence-electron chi connectivity index (χ2n) is 5.20. The molecule has 1 aliphatic heterocycles. The zero-order valence-electron chi connectivity index (χ0n) is 12.5. The number of thiophene rings is 1. The van der Waals surface area contributed by atoms with Gasteiger partial charge in [-0.3, -0.25) is 4.79 Å². The monoisotopic (exact) mass is 438 g/mol. The van der Waals surface area contributed by atoms with Crippen LogP contribution in [0, 0.1) is 0 Å². The van der Waals surface area contributed by atoms with Crippen molar-refractivity contribution in [2.75, 3.05) is 13.2 Å². The number of esters is 1. The van der Waals surface area contributed by atoms with Gasteiger partial charge >= 0.3 is 5.97 Å². The van der Waals surface area contributed by atoms with Crippen LogP contribution in [0.25, 0.3) is 0 Å². The third-order valence-corrected chi connectivity index (χ3v) is 6.37. The predicted octanol–water partition coefficient (Wildman–Crippen LogP) is 4.50. The quantitative estimate of drug-likeness (QED) is 0.521. The molecular formula is C15H10Cl4N2O3S. The lowest BCUT2D eigenvalue weighted by atomic mass is 10.1. The number of halogens is 4. The van der Waals surface area contributed by atoms with E-state index in [4.69, 9.17) is 51.1 Å². The summed E-state index contributed by atoms with van der Waals surface area (Å²) in [5.41, 5.74) is 0.838. The van der Waals surface area contributed by atoms with Gasteiger partial charge in [0.15, 0.2) is 12.3 Å². The summed E-state index contributed by atoms with van der Waals surface area (Å²) >= 11 is 25.1. The van der Waals surface area contributed by atoms with Gasteiger partial charge in [-0.05, 0) is 23.4 Å². The summed E-state index contributed by atoms with van der Waals surface area (Å²) in [4.78, 5) is 31.1. The number of rotatable bonds is 3. The summed E-state index contributed by atoms with van der Waals surface area (Å²) in [6.45, 7) is 0.669. The third-order valence-electron chi connectivity index (χ3n) is 3.66. The Morgan fingerprint density at radius 2 is 1.96 bits per heavy atom. The van der Waals surface area contributed by atoms with Crippen molar-refractivity contribution in [1.82, 2.24) is 9.88 Å². The first-order valence-electron chi connectivity index (χ1n) is 7.08. The van der Waals surface area contributed by atoms with Gasteiger partial charge < -0.3 is 9.64 Å². The Morgan fingerprint density at radius 1 is 1.20 bits per heavy atom. The van der Waals surface area contributed by atoms with E-state index in [-0.39, 0.29) is 31.8 Å². The number of aromatic nitrogens is 1. The van der Waals surface area contributed by atoms with Crippen LogP contribution in [0.1, 0.15) is 20.9 Å². The lowest BCUT2D eigenvalue weighted by molar-refractivity contribution is -0.135. The molecular weight excluding hydrogens is 430 g/mol. The Bertz CT molecular complexity index is 856. The van der Waals surface area contributed by atoms with Crippen LogP contribution in [0.3, 0.4) is 0 Å². The van der Waals surface area contributed by atoms with E-state index in [0.717, 1.165) is 12.0 Å². The molecule has 0 aliphatic carbocycles. The maximum Gasteiger partial charge on any atom is 0.359 e. The van der Waals surface area contributed by atoms with Crippen molar-refractivity contribution in [1.29, 1.82) is 0 Å². The second kappa shape index (κ2) is 7.68. The van der Waals surface area contributed by atoms with Crippen molar-refractivity contribution < 1.29 is 14.3 Å². The van der Waals surface area contributed by atoms with Crippen LogP contribution in [0.4, 0.5) is 0 Å². The van der Waals surface area contributed by atoms with E-state index in [1.165, 1.54) is 4.88 Å². The zero-order chi connectivity index (χ0) is 18.1. The van der Waals surface area contributed by atoms with Crippen LogP contribution in [-0.4, -0.2) is 34.9 Å². The van der Waals surface area contributed by atoms with E-state index < -0.39 is 12.6 Å². The van der Waals surface area contributed by atoms with Crippen LogP contribution in [-0.2, 0) is 22.5 Å². The van der Waals surface area contributed by atoms with Gasteiger partial charge in [-0.15, -0.1) is 11.3 Å². The van der Waals surface area contributed by atoms with E-state index in [9.17, 15) is 9.59 Å². The van der Waals surface area contributed by atoms with Crippen molar-refractivity contribution >= 4 is 69.6 Å². The highest BCUT2D eigenvalue weighted by Crippen LogP contribution is 2.36. The maximum atomic E-state index is 12.3. The van der Waals surface area contributed by atoms with E-state index in [2.05, 4.69) is 4.98 Å². The number of nitrogens with zero attached hydrogens (tertiary/aromatic N) is 2. The normalized spacial score (nSPS) is 13.5. The fourth-order valence-corrected chi connectivity index (χ4v) is 4.07. The minimum atomic E-state index is -0.896. The number of carbonyl (C=O) groups excluding carboxylic acids is 2. The van der Waals surface area contributed by atoms with Crippen molar-refractivity contribution in [3.05, 3.63) is 47.8 Å². The van der Waals surface area contributed by atoms with E-state index in [1.807, 2.05) is 11.4 Å². The largest absolute Gasteiger partial charge is 0.451 e. The molecule has 132 valence electrons. The number of ether oxygens (including phenoxy) is 1. The molecule has 0 saturated carbocycles. The third kappa shape index (κ3) is 3.88. The molecule has 0 fully saturated rings. The lowest BCUT2D eigenvalue weighted by Crippen LogP contribution is -2.38. The summed E-state index contributed by atoms with van der Waals surface area (Å²) in [6, 6.07) is 1.99. The van der Waals surface area contributed by atoms with Gasteiger partial charge in [0, 0.05) is 18.0 Å². The van der Waals surface area contributed by atoms with E-state index >= 15 is 0 Å². The summed E-state index contributed by atoms with van der Waals surface area (Å²) in [7, 11) is 0. The Balaban J connectivity index is 1.64. The predicted molar refractivity (Wildman–Crippen MR) is 98.0 cm³/mol. The topological polar surface area (TPSA) is 59.5 Å². The maximum absolute atomic E-state index is 12.3. The molecule has 2 aromatic rings. The summed E-state index contributed by atoms with van der Waals surface area (Å²) < 4.78 is 5.01. The average molecular weight is 440 g/mol. The Hall–Kier alpha value is -1.05. The fourth-order valence-electron chi connectivity index (χ4n) is 2.37. The second-order valence-corrected chi connectivity index (χ2v) is 7.70. The molecule has 0 spiro atoms. The number of hydrogen-bond donors (Lipinski definition) is 0. The van der Waals surface area contributed by atoms with Crippen molar-refractivity contribution in [3.8, 4) is 0 Å². The molecule has 25 heavy (non-hydrogen) atoms. The van der Waals surface area contributed by atoms with Crippen molar-refractivity contribution in [2.45, 2.75) is 13.0 Å². The first-order valence-corrected chi connectivity index (χ1v) is 9.47. The molecule has 10 heteroatoms. The molecule has 0 unspecified atom stereocenters. The number of hydrogen-bond acceptors (Lipinski definition) is 5. The van der Waals surface area contributed by atoms with Gasteiger partial charge in [0.05, 0.1) is 15.1 Å². The van der Waals surface area contributed by atoms with Gasteiger partial charge in [0.1, 0.15) is 5.15 Å². The molecule has 0 radical (unpaired) electrons. The molecule has 5 nitrogen and oxygen atoms in total. The van der Waals surface area contributed by atoms with Gasteiger partial charge in [-0.25, -0.2) is 9.78 Å². The molecule has 0 bridgehead atoms. The highest BCUT2D eigenvalue weighted by Gasteiger charge is 2.25. The van der Waals surface area contributed by atoms with Crippen LogP contribution >= 0.6 is 57.7 Å². The molecule has 1 aliphatic rings. The summed E-state index contributed by atoms with van der Waals surface area (Å²) in [6.07, 6.45) is 0.794. The molecule has 0 saturated heterocycles.